The summed E-state index contributed by atoms with van der Waals surface area (Å²) in [6, 6.07) is 3.31. The van der Waals surface area contributed by atoms with Gasteiger partial charge >= 0.3 is 5.97 Å². The highest BCUT2D eigenvalue weighted by molar-refractivity contribution is 5.73. The Morgan fingerprint density at radius 1 is 1.53 bits per heavy atom. The lowest BCUT2D eigenvalue weighted by Crippen LogP contribution is -2.51. The highest BCUT2D eigenvalue weighted by Gasteiger charge is 2.26. The molecule has 0 radical (unpaired) electrons. The molecule has 0 amide bonds. The molecule has 1 aliphatic rings. The molecule has 0 aliphatic carbocycles. The van der Waals surface area contributed by atoms with E-state index in [-0.39, 0.29) is 0 Å². The SMILES string of the molecule is O=C(O)C(CCc1ccco1)N1CCNCC1. The number of carbonyl (C=O) groups is 1. The van der Waals surface area contributed by atoms with E-state index >= 15 is 0 Å². The summed E-state index contributed by atoms with van der Waals surface area (Å²) in [7, 11) is 0. The summed E-state index contributed by atoms with van der Waals surface area (Å²) in [6.07, 6.45) is 2.90. The molecule has 1 aromatic rings. The van der Waals surface area contributed by atoms with Crippen LogP contribution in [-0.4, -0.2) is 48.2 Å². The van der Waals surface area contributed by atoms with Gasteiger partial charge in [0.15, 0.2) is 0 Å². The Morgan fingerprint density at radius 3 is 2.88 bits per heavy atom. The van der Waals surface area contributed by atoms with Gasteiger partial charge in [-0.25, -0.2) is 0 Å². The first kappa shape index (κ1) is 12.1. The van der Waals surface area contributed by atoms with Gasteiger partial charge in [-0.2, -0.15) is 0 Å². The Balaban J connectivity index is 1.90. The molecule has 1 fully saturated rings. The minimum Gasteiger partial charge on any atom is -0.480 e. The van der Waals surface area contributed by atoms with Gasteiger partial charge in [-0.1, -0.05) is 0 Å². The molecule has 0 saturated carbocycles. The molecule has 1 aromatic heterocycles. The summed E-state index contributed by atoms with van der Waals surface area (Å²) in [5, 5.41) is 12.5. The van der Waals surface area contributed by atoms with Crippen LogP contribution in [0, 0.1) is 0 Å². The minimum absolute atomic E-state index is 0.401. The molecular weight excluding hydrogens is 220 g/mol. The van der Waals surface area contributed by atoms with Crippen molar-refractivity contribution in [3.63, 3.8) is 0 Å². The topological polar surface area (TPSA) is 65.7 Å². The second-order valence-electron chi connectivity index (χ2n) is 4.26. The zero-order valence-electron chi connectivity index (χ0n) is 9.76. The van der Waals surface area contributed by atoms with E-state index < -0.39 is 12.0 Å². The second-order valence-corrected chi connectivity index (χ2v) is 4.26. The maximum absolute atomic E-state index is 11.3. The molecule has 17 heavy (non-hydrogen) atoms. The van der Waals surface area contributed by atoms with Gasteiger partial charge in [-0.05, 0) is 18.6 Å². The molecule has 5 heteroatoms. The van der Waals surface area contributed by atoms with Crippen molar-refractivity contribution in [1.29, 1.82) is 0 Å². The number of nitrogens with one attached hydrogen (secondary N) is 1. The highest BCUT2D eigenvalue weighted by atomic mass is 16.4. The van der Waals surface area contributed by atoms with Crippen molar-refractivity contribution >= 4 is 5.97 Å². The number of carboxylic acid groups (broad SMARTS) is 1. The summed E-state index contributed by atoms with van der Waals surface area (Å²) in [4.78, 5) is 13.3. The summed E-state index contributed by atoms with van der Waals surface area (Å²) in [5.74, 6) is 0.116. The van der Waals surface area contributed by atoms with E-state index in [9.17, 15) is 9.90 Å². The van der Waals surface area contributed by atoms with E-state index in [1.54, 1.807) is 6.26 Å². The van der Waals surface area contributed by atoms with Crippen molar-refractivity contribution in [3.05, 3.63) is 24.2 Å². The van der Waals surface area contributed by atoms with E-state index in [4.69, 9.17) is 4.42 Å². The van der Waals surface area contributed by atoms with E-state index in [0.29, 0.717) is 12.8 Å². The van der Waals surface area contributed by atoms with Gasteiger partial charge < -0.3 is 14.8 Å². The first-order valence-electron chi connectivity index (χ1n) is 5.97. The lowest BCUT2D eigenvalue weighted by molar-refractivity contribution is -0.143. The third-order valence-electron chi connectivity index (χ3n) is 3.12. The second kappa shape index (κ2) is 5.84. The normalized spacial score (nSPS) is 19.1. The Labute approximate surface area is 100 Å². The maximum Gasteiger partial charge on any atom is 0.320 e. The number of nitrogens with zero attached hydrogens (tertiary/aromatic N) is 1. The summed E-state index contributed by atoms with van der Waals surface area (Å²) in [5.41, 5.74) is 0. The maximum atomic E-state index is 11.3. The monoisotopic (exact) mass is 238 g/mol. The van der Waals surface area contributed by atoms with E-state index in [0.717, 1.165) is 31.9 Å². The van der Waals surface area contributed by atoms with Crippen LogP contribution in [0.2, 0.25) is 0 Å². The van der Waals surface area contributed by atoms with Crippen molar-refractivity contribution in [1.82, 2.24) is 10.2 Å². The van der Waals surface area contributed by atoms with Crippen LogP contribution in [0.25, 0.3) is 0 Å². The molecule has 0 aromatic carbocycles. The number of aryl methyl sites for hydroxylation is 1. The van der Waals surface area contributed by atoms with Gasteiger partial charge in [0.05, 0.1) is 6.26 Å². The summed E-state index contributed by atoms with van der Waals surface area (Å²) >= 11 is 0. The van der Waals surface area contributed by atoms with Gasteiger partial charge in [0.25, 0.3) is 0 Å². The van der Waals surface area contributed by atoms with Crippen molar-refractivity contribution in [2.75, 3.05) is 26.2 Å². The summed E-state index contributed by atoms with van der Waals surface area (Å²) < 4.78 is 5.23. The molecule has 0 bridgehead atoms. The quantitative estimate of drug-likeness (QED) is 0.785. The zero-order valence-corrected chi connectivity index (χ0v) is 9.76. The molecule has 94 valence electrons. The minimum atomic E-state index is -0.738. The number of aliphatic carboxylic acids is 1. The van der Waals surface area contributed by atoms with Gasteiger partial charge in [-0.15, -0.1) is 0 Å². The van der Waals surface area contributed by atoms with E-state index in [1.165, 1.54) is 0 Å². The Kier molecular flexibility index (Phi) is 4.17. The van der Waals surface area contributed by atoms with E-state index in [1.807, 2.05) is 17.0 Å². The van der Waals surface area contributed by atoms with Crippen LogP contribution in [0.1, 0.15) is 12.2 Å². The molecule has 2 rings (SSSR count). The summed E-state index contributed by atoms with van der Waals surface area (Å²) in [6.45, 7) is 3.33. The van der Waals surface area contributed by atoms with Crippen LogP contribution in [0.4, 0.5) is 0 Å². The number of furan rings is 1. The lowest BCUT2D eigenvalue weighted by atomic mass is 10.1. The number of piperazine rings is 1. The zero-order chi connectivity index (χ0) is 12.1. The fourth-order valence-corrected chi connectivity index (χ4v) is 2.19. The van der Waals surface area contributed by atoms with Crippen LogP contribution in [0.15, 0.2) is 22.8 Å². The van der Waals surface area contributed by atoms with Gasteiger partial charge in [0.2, 0.25) is 0 Å². The number of carboxylic acids is 1. The van der Waals surface area contributed by atoms with Gasteiger partial charge in [0, 0.05) is 32.6 Å². The largest absolute Gasteiger partial charge is 0.480 e. The van der Waals surface area contributed by atoms with Gasteiger partial charge in [-0.3, -0.25) is 9.69 Å². The fourth-order valence-electron chi connectivity index (χ4n) is 2.19. The molecule has 1 unspecified atom stereocenters. The number of hydrogen-bond donors (Lipinski definition) is 2. The average Bonchev–Trinajstić information content (AvgIpc) is 2.83. The van der Waals surface area contributed by atoms with Crippen LogP contribution in [-0.2, 0) is 11.2 Å². The van der Waals surface area contributed by atoms with Crippen molar-refractivity contribution in [2.45, 2.75) is 18.9 Å². The third-order valence-corrected chi connectivity index (χ3v) is 3.12. The molecule has 2 N–H and O–H groups in total. The van der Waals surface area contributed by atoms with Crippen molar-refractivity contribution in [3.8, 4) is 0 Å². The molecule has 1 saturated heterocycles. The van der Waals surface area contributed by atoms with Crippen LogP contribution in [0.3, 0.4) is 0 Å². The first-order chi connectivity index (χ1) is 8.27. The predicted octanol–water partition coefficient (Wildman–Crippen LogP) is 0.571. The van der Waals surface area contributed by atoms with Gasteiger partial charge in [0.1, 0.15) is 11.8 Å². The van der Waals surface area contributed by atoms with Crippen LogP contribution >= 0.6 is 0 Å². The first-order valence-corrected chi connectivity index (χ1v) is 5.97. The predicted molar refractivity (Wildman–Crippen MR) is 62.9 cm³/mol. The van der Waals surface area contributed by atoms with Crippen LogP contribution in [0.5, 0.6) is 0 Å². The van der Waals surface area contributed by atoms with Crippen LogP contribution < -0.4 is 5.32 Å². The average molecular weight is 238 g/mol. The van der Waals surface area contributed by atoms with E-state index in [2.05, 4.69) is 5.32 Å². The number of rotatable bonds is 5. The Bertz CT molecular complexity index is 345. The standard InChI is InChI=1S/C12H18N2O3/c15-12(16)11(14-7-5-13-6-8-14)4-3-10-2-1-9-17-10/h1-2,9,11,13H,3-8H2,(H,15,16). The molecule has 0 spiro atoms. The highest BCUT2D eigenvalue weighted by Crippen LogP contribution is 2.11. The fraction of sp³-hybridized carbons (Fsp3) is 0.583. The smallest absolute Gasteiger partial charge is 0.320 e. The molecule has 1 aliphatic heterocycles. The van der Waals surface area contributed by atoms with Crippen molar-refractivity contribution < 1.29 is 14.3 Å². The molecule has 2 heterocycles. The number of hydrogen-bond acceptors (Lipinski definition) is 4. The lowest BCUT2D eigenvalue weighted by Gasteiger charge is -2.32. The third kappa shape index (κ3) is 3.31. The molecule has 5 nitrogen and oxygen atoms in total. The molecule has 1 atom stereocenters. The Hall–Kier alpha value is -1.33. The Morgan fingerprint density at radius 2 is 2.29 bits per heavy atom. The van der Waals surface area contributed by atoms with Crippen molar-refractivity contribution in [2.24, 2.45) is 0 Å². The molecular formula is C12H18N2O3.